The number of imidazole rings is 1. The van der Waals surface area contributed by atoms with Crippen molar-refractivity contribution in [2.45, 2.75) is 6.67 Å². The highest BCUT2D eigenvalue weighted by molar-refractivity contribution is 5.66. The molecule has 2 aromatic heterocycles. The number of rotatable bonds is 2. The monoisotopic (exact) mass is 241 g/mol. The average molecular weight is 241 g/mol. The quantitative estimate of drug-likeness (QED) is 0.701. The zero-order valence-electron chi connectivity index (χ0n) is 9.68. The Bertz CT molecular complexity index is 686. The number of halogens is 1. The molecule has 0 radical (unpaired) electrons. The van der Waals surface area contributed by atoms with Crippen LogP contribution in [0.1, 0.15) is 5.69 Å². The van der Waals surface area contributed by atoms with Gasteiger partial charge in [-0.25, -0.2) is 9.37 Å². The summed E-state index contributed by atoms with van der Waals surface area (Å²) >= 11 is 0. The largest absolute Gasteiger partial charge is 0.399 e. The smallest absolute Gasteiger partial charge is 0.144 e. The minimum absolute atomic E-state index is 0.461. The van der Waals surface area contributed by atoms with Gasteiger partial charge < -0.3 is 5.73 Å². The minimum Gasteiger partial charge on any atom is -0.399 e. The fraction of sp³-hybridized carbons (Fsp3) is 0.0714. The predicted octanol–water partition coefficient (Wildman–Crippen LogP) is 3.05. The maximum Gasteiger partial charge on any atom is 0.144 e. The molecule has 0 amide bonds. The van der Waals surface area contributed by atoms with Crippen molar-refractivity contribution in [1.82, 2.24) is 9.38 Å². The second kappa shape index (κ2) is 4.14. The van der Waals surface area contributed by atoms with Gasteiger partial charge in [0.05, 0.1) is 11.2 Å². The molecule has 0 saturated carbocycles. The number of nitrogens with zero attached hydrogens (tertiary/aromatic N) is 2. The van der Waals surface area contributed by atoms with Crippen molar-refractivity contribution in [3.63, 3.8) is 0 Å². The van der Waals surface area contributed by atoms with Gasteiger partial charge in [-0.3, -0.25) is 4.40 Å². The Morgan fingerprint density at radius 3 is 2.61 bits per heavy atom. The number of hydrogen-bond donors (Lipinski definition) is 1. The molecule has 3 aromatic rings. The number of fused-ring (bicyclic) bond motifs is 1. The molecule has 0 unspecified atom stereocenters. The lowest BCUT2D eigenvalue weighted by molar-refractivity contribution is 0.480. The maximum atomic E-state index is 13.0. The van der Waals surface area contributed by atoms with Gasteiger partial charge in [-0.15, -0.1) is 0 Å². The van der Waals surface area contributed by atoms with Crippen LogP contribution in [-0.4, -0.2) is 9.38 Å². The standard InChI is InChI=1S/C14H12FN3/c15-9-12-13-3-1-2-8-18(13)14(17-12)10-4-6-11(16)7-5-10/h1-8H,9,16H2. The molecule has 1 aromatic carbocycles. The lowest BCUT2D eigenvalue weighted by Crippen LogP contribution is -1.89. The second-order valence-corrected chi connectivity index (χ2v) is 4.09. The molecule has 4 heteroatoms. The van der Waals surface area contributed by atoms with Gasteiger partial charge >= 0.3 is 0 Å². The van der Waals surface area contributed by atoms with E-state index in [1.807, 2.05) is 53.1 Å². The third-order valence-corrected chi connectivity index (χ3v) is 2.92. The Balaban J connectivity index is 2.26. The molecule has 3 rings (SSSR count). The zero-order valence-corrected chi connectivity index (χ0v) is 9.68. The van der Waals surface area contributed by atoms with Gasteiger partial charge in [-0.2, -0.15) is 0 Å². The number of alkyl halides is 1. The molecule has 2 heterocycles. The van der Waals surface area contributed by atoms with E-state index in [0.29, 0.717) is 11.4 Å². The number of aromatic nitrogens is 2. The Labute approximate surface area is 104 Å². The van der Waals surface area contributed by atoms with Crippen LogP contribution in [0.5, 0.6) is 0 Å². The number of pyridine rings is 1. The normalized spacial score (nSPS) is 10.9. The molecule has 0 aliphatic carbocycles. The van der Waals surface area contributed by atoms with Crippen LogP contribution in [0.2, 0.25) is 0 Å². The Morgan fingerprint density at radius 2 is 1.89 bits per heavy atom. The number of nitrogens with two attached hydrogens (primary N) is 1. The van der Waals surface area contributed by atoms with E-state index in [4.69, 9.17) is 5.73 Å². The summed E-state index contributed by atoms with van der Waals surface area (Å²) < 4.78 is 14.8. The van der Waals surface area contributed by atoms with Crippen LogP contribution in [0.25, 0.3) is 16.9 Å². The van der Waals surface area contributed by atoms with Crippen LogP contribution in [0, 0.1) is 0 Å². The van der Waals surface area contributed by atoms with Crippen molar-refractivity contribution in [3.8, 4) is 11.4 Å². The average Bonchev–Trinajstić information content (AvgIpc) is 2.79. The third kappa shape index (κ3) is 1.62. The highest BCUT2D eigenvalue weighted by Gasteiger charge is 2.11. The molecule has 0 aliphatic rings. The first-order valence-corrected chi connectivity index (χ1v) is 5.67. The highest BCUT2D eigenvalue weighted by Crippen LogP contribution is 2.23. The summed E-state index contributed by atoms with van der Waals surface area (Å²) in [5.74, 6) is 0.734. The van der Waals surface area contributed by atoms with Crippen LogP contribution in [0.4, 0.5) is 10.1 Å². The summed E-state index contributed by atoms with van der Waals surface area (Å²) in [6.45, 7) is -0.567. The van der Waals surface area contributed by atoms with E-state index in [0.717, 1.165) is 16.9 Å². The first kappa shape index (κ1) is 10.8. The molecular formula is C14H12FN3. The van der Waals surface area contributed by atoms with E-state index in [1.165, 1.54) is 0 Å². The summed E-state index contributed by atoms with van der Waals surface area (Å²) in [6.07, 6.45) is 1.88. The predicted molar refractivity (Wildman–Crippen MR) is 69.9 cm³/mol. The minimum atomic E-state index is -0.567. The van der Waals surface area contributed by atoms with Gasteiger partial charge in [-0.1, -0.05) is 6.07 Å². The van der Waals surface area contributed by atoms with Crippen molar-refractivity contribution in [2.24, 2.45) is 0 Å². The van der Waals surface area contributed by atoms with Gasteiger partial charge in [0.1, 0.15) is 12.5 Å². The van der Waals surface area contributed by atoms with Crippen LogP contribution >= 0.6 is 0 Å². The van der Waals surface area contributed by atoms with Crippen molar-refractivity contribution in [1.29, 1.82) is 0 Å². The van der Waals surface area contributed by atoms with E-state index >= 15 is 0 Å². The SMILES string of the molecule is Nc1ccc(-c2nc(CF)c3ccccn23)cc1. The van der Waals surface area contributed by atoms with Gasteiger partial charge in [0.25, 0.3) is 0 Å². The molecule has 0 fully saturated rings. The maximum absolute atomic E-state index is 13.0. The van der Waals surface area contributed by atoms with Gasteiger partial charge in [-0.05, 0) is 36.4 Å². The Morgan fingerprint density at radius 1 is 1.11 bits per heavy atom. The molecular weight excluding hydrogens is 229 g/mol. The summed E-state index contributed by atoms with van der Waals surface area (Å²) in [5.41, 5.74) is 8.54. The first-order valence-electron chi connectivity index (χ1n) is 5.67. The first-order chi connectivity index (χ1) is 8.79. The van der Waals surface area contributed by atoms with Gasteiger partial charge in [0.15, 0.2) is 0 Å². The van der Waals surface area contributed by atoms with E-state index in [2.05, 4.69) is 4.98 Å². The van der Waals surface area contributed by atoms with Crippen LogP contribution in [0.3, 0.4) is 0 Å². The molecule has 0 atom stereocenters. The summed E-state index contributed by atoms with van der Waals surface area (Å²) in [6, 6.07) is 13.0. The second-order valence-electron chi connectivity index (χ2n) is 4.09. The van der Waals surface area contributed by atoms with Crippen LogP contribution in [-0.2, 0) is 6.67 Å². The number of hydrogen-bond acceptors (Lipinski definition) is 2. The van der Waals surface area contributed by atoms with Gasteiger partial charge in [0, 0.05) is 17.4 Å². The third-order valence-electron chi connectivity index (χ3n) is 2.92. The van der Waals surface area contributed by atoms with Crippen molar-refractivity contribution in [2.75, 3.05) is 5.73 Å². The number of anilines is 1. The topological polar surface area (TPSA) is 43.3 Å². The van der Waals surface area contributed by atoms with E-state index in [-0.39, 0.29) is 0 Å². The zero-order chi connectivity index (χ0) is 12.5. The molecule has 0 aliphatic heterocycles. The van der Waals surface area contributed by atoms with Crippen molar-refractivity contribution in [3.05, 3.63) is 54.4 Å². The van der Waals surface area contributed by atoms with E-state index < -0.39 is 6.67 Å². The van der Waals surface area contributed by atoms with Crippen LogP contribution < -0.4 is 5.73 Å². The fourth-order valence-corrected chi connectivity index (χ4v) is 2.04. The van der Waals surface area contributed by atoms with Crippen LogP contribution in [0.15, 0.2) is 48.7 Å². The Hall–Kier alpha value is -2.36. The van der Waals surface area contributed by atoms with Crippen molar-refractivity contribution >= 4 is 11.2 Å². The van der Waals surface area contributed by atoms with Crippen molar-refractivity contribution < 1.29 is 4.39 Å². The number of benzene rings is 1. The number of nitrogen functional groups attached to an aromatic ring is 1. The molecule has 18 heavy (non-hydrogen) atoms. The summed E-state index contributed by atoms with van der Waals surface area (Å²) in [5, 5.41) is 0. The lowest BCUT2D eigenvalue weighted by atomic mass is 10.2. The summed E-state index contributed by atoms with van der Waals surface area (Å²) in [4.78, 5) is 4.35. The molecule has 2 N–H and O–H groups in total. The Kier molecular flexibility index (Phi) is 2.48. The van der Waals surface area contributed by atoms with E-state index in [1.54, 1.807) is 0 Å². The van der Waals surface area contributed by atoms with E-state index in [9.17, 15) is 4.39 Å². The molecule has 0 saturated heterocycles. The molecule has 90 valence electrons. The fourth-order valence-electron chi connectivity index (χ4n) is 2.04. The molecule has 0 spiro atoms. The lowest BCUT2D eigenvalue weighted by Gasteiger charge is -2.01. The highest BCUT2D eigenvalue weighted by atomic mass is 19.1. The molecule has 3 nitrogen and oxygen atoms in total. The van der Waals surface area contributed by atoms with Gasteiger partial charge in [0.2, 0.25) is 0 Å². The molecule has 0 bridgehead atoms. The summed E-state index contributed by atoms with van der Waals surface area (Å²) in [7, 11) is 0.